The molecule has 0 radical (unpaired) electrons. The standard InChI is InChI=1S/C19H18F2N6O2S/c20-14-3-4-16(21)17(12-14)30(28,29)27-10-8-26(9-11-27)19-6-5-18(24-25-19)23-15-2-1-7-22-13-15/h1-7,12-13H,8-11H2,(H,23,24). The average Bonchev–Trinajstić information content (AvgIpc) is 2.77. The third kappa shape index (κ3) is 4.21. The molecule has 156 valence electrons. The minimum atomic E-state index is -4.12. The van der Waals surface area contributed by atoms with Crippen LogP contribution in [0.25, 0.3) is 0 Å². The molecule has 30 heavy (non-hydrogen) atoms. The van der Waals surface area contributed by atoms with E-state index in [1.54, 1.807) is 30.6 Å². The lowest BCUT2D eigenvalue weighted by Gasteiger charge is -2.34. The molecule has 0 atom stereocenters. The van der Waals surface area contributed by atoms with Crippen LogP contribution in [-0.4, -0.2) is 54.1 Å². The Hall–Kier alpha value is -3.18. The van der Waals surface area contributed by atoms with Crippen LogP contribution in [0, 0.1) is 11.6 Å². The van der Waals surface area contributed by atoms with Gasteiger partial charge in [0.15, 0.2) is 11.6 Å². The number of hydrogen-bond donors (Lipinski definition) is 1. The monoisotopic (exact) mass is 432 g/mol. The third-order valence-corrected chi connectivity index (χ3v) is 6.57. The number of benzene rings is 1. The predicted octanol–water partition coefficient (Wildman–Crippen LogP) is 2.40. The fourth-order valence-corrected chi connectivity index (χ4v) is 4.61. The smallest absolute Gasteiger partial charge is 0.246 e. The topological polar surface area (TPSA) is 91.3 Å². The molecule has 1 saturated heterocycles. The maximum Gasteiger partial charge on any atom is 0.246 e. The minimum Gasteiger partial charge on any atom is -0.352 e. The van der Waals surface area contributed by atoms with Crippen LogP contribution in [0.15, 0.2) is 59.8 Å². The van der Waals surface area contributed by atoms with Gasteiger partial charge in [0.05, 0.1) is 11.9 Å². The first kappa shape index (κ1) is 20.1. The fourth-order valence-electron chi connectivity index (χ4n) is 3.12. The third-order valence-electron chi connectivity index (χ3n) is 4.66. The van der Waals surface area contributed by atoms with E-state index in [2.05, 4.69) is 20.5 Å². The number of aromatic nitrogens is 3. The summed E-state index contributed by atoms with van der Waals surface area (Å²) in [6, 6.07) is 9.60. The van der Waals surface area contributed by atoms with Crippen molar-refractivity contribution in [1.29, 1.82) is 0 Å². The zero-order valence-corrected chi connectivity index (χ0v) is 16.6. The number of sulfonamides is 1. The molecular weight excluding hydrogens is 414 g/mol. The Labute approximate surface area is 172 Å². The summed E-state index contributed by atoms with van der Waals surface area (Å²) in [4.78, 5) is 5.25. The molecule has 1 fully saturated rings. The molecule has 0 bridgehead atoms. The first-order valence-corrected chi connectivity index (χ1v) is 10.6. The van der Waals surface area contributed by atoms with Crippen molar-refractivity contribution in [2.45, 2.75) is 4.90 Å². The molecule has 11 heteroatoms. The van der Waals surface area contributed by atoms with Gasteiger partial charge in [0.2, 0.25) is 10.0 Å². The van der Waals surface area contributed by atoms with Crippen molar-refractivity contribution in [3.05, 3.63) is 66.5 Å². The van der Waals surface area contributed by atoms with E-state index in [4.69, 9.17) is 0 Å². The first-order valence-electron chi connectivity index (χ1n) is 9.14. The van der Waals surface area contributed by atoms with Crippen molar-refractivity contribution >= 4 is 27.3 Å². The van der Waals surface area contributed by atoms with Gasteiger partial charge in [-0.1, -0.05) is 0 Å². The van der Waals surface area contributed by atoms with Gasteiger partial charge in [0, 0.05) is 32.4 Å². The second-order valence-electron chi connectivity index (χ2n) is 6.61. The van der Waals surface area contributed by atoms with Gasteiger partial charge in [0.1, 0.15) is 16.5 Å². The Morgan fingerprint density at radius 1 is 0.967 bits per heavy atom. The molecule has 4 rings (SSSR count). The first-order chi connectivity index (χ1) is 14.4. The second-order valence-corrected chi connectivity index (χ2v) is 8.52. The summed E-state index contributed by atoms with van der Waals surface area (Å²) in [5, 5.41) is 11.4. The van der Waals surface area contributed by atoms with Crippen molar-refractivity contribution in [1.82, 2.24) is 19.5 Å². The van der Waals surface area contributed by atoms with E-state index in [-0.39, 0.29) is 13.1 Å². The van der Waals surface area contributed by atoms with Gasteiger partial charge in [-0.05, 0) is 42.5 Å². The summed E-state index contributed by atoms with van der Waals surface area (Å²) in [6.45, 7) is 0.936. The van der Waals surface area contributed by atoms with Crippen molar-refractivity contribution in [2.24, 2.45) is 0 Å². The van der Waals surface area contributed by atoms with Gasteiger partial charge in [0.25, 0.3) is 0 Å². The van der Waals surface area contributed by atoms with E-state index >= 15 is 0 Å². The summed E-state index contributed by atoms with van der Waals surface area (Å²) in [5.74, 6) is -0.625. The molecule has 8 nitrogen and oxygen atoms in total. The Balaban J connectivity index is 1.41. The molecule has 1 aromatic carbocycles. The summed E-state index contributed by atoms with van der Waals surface area (Å²) < 4.78 is 53.9. The number of halogens is 2. The summed E-state index contributed by atoms with van der Waals surface area (Å²) in [6.07, 6.45) is 3.33. The Bertz CT molecular complexity index is 1120. The number of hydrogen-bond acceptors (Lipinski definition) is 7. The van der Waals surface area contributed by atoms with Crippen LogP contribution in [0.5, 0.6) is 0 Å². The Morgan fingerprint density at radius 3 is 2.43 bits per heavy atom. The van der Waals surface area contributed by atoms with Gasteiger partial charge < -0.3 is 10.2 Å². The number of nitrogens with zero attached hydrogens (tertiary/aromatic N) is 5. The SMILES string of the molecule is O=S(=O)(c1cc(F)ccc1F)N1CCN(c2ccc(Nc3cccnc3)nn2)CC1. The van der Waals surface area contributed by atoms with Crippen molar-refractivity contribution < 1.29 is 17.2 Å². The number of nitrogens with one attached hydrogen (secondary N) is 1. The van der Waals surface area contributed by atoms with Crippen molar-refractivity contribution in [2.75, 3.05) is 36.4 Å². The summed E-state index contributed by atoms with van der Waals surface area (Å²) >= 11 is 0. The van der Waals surface area contributed by atoms with Gasteiger partial charge in [-0.25, -0.2) is 17.2 Å². The zero-order valence-electron chi connectivity index (χ0n) is 15.7. The van der Waals surface area contributed by atoms with Gasteiger partial charge in [-0.3, -0.25) is 4.98 Å². The minimum absolute atomic E-state index is 0.121. The second kappa shape index (κ2) is 8.28. The van der Waals surface area contributed by atoms with E-state index in [1.165, 1.54) is 0 Å². The van der Waals surface area contributed by atoms with Crippen LogP contribution in [0.1, 0.15) is 0 Å². The van der Waals surface area contributed by atoms with Crippen molar-refractivity contribution in [3.8, 4) is 0 Å². The van der Waals surface area contributed by atoms with Crippen LogP contribution in [0.3, 0.4) is 0 Å². The Morgan fingerprint density at radius 2 is 1.77 bits per heavy atom. The maximum atomic E-state index is 13.9. The number of piperazine rings is 1. The van der Waals surface area contributed by atoms with Crippen LogP contribution >= 0.6 is 0 Å². The molecule has 0 unspecified atom stereocenters. The highest BCUT2D eigenvalue weighted by atomic mass is 32.2. The van der Waals surface area contributed by atoms with Crippen LogP contribution in [0.2, 0.25) is 0 Å². The van der Waals surface area contributed by atoms with E-state index in [0.717, 1.165) is 22.1 Å². The number of pyridine rings is 1. The summed E-state index contributed by atoms with van der Waals surface area (Å²) in [5.41, 5.74) is 0.781. The molecule has 3 aromatic rings. The van der Waals surface area contributed by atoms with Crippen LogP contribution < -0.4 is 10.2 Å². The molecule has 1 N–H and O–H groups in total. The fraction of sp³-hybridized carbons (Fsp3) is 0.211. The largest absolute Gasteiger partial charge is 0.352 e. The van der Waals surface area contributed by atoms with Crippen LogP contribution in [-0.2, 0) is 10.0 Å². The van der Waals surface area contributed by atoms with Crippen LogP contribution in [0.4, 0.5) is 26.1 Å². The van der Waals surface area contributed by atoms with E-state index in [0.29, 0.717) is 30.8 Å². The Kier molecular flexibility index (Phi) is 5.55. The molecule has 2 aromatic heterocycles. The van der Waals surface area contributed by atoms with E-state index in [9.17, 15) is 17.2 Å². The summed E-state index contributed by atoms with van der Waals surface area (Å²) in [7, 11) is -4.12. The lowest BCUT2D eigenvalue weighted by molar-refractivity contribution is 0.380. The lowest BCUT2D eigenvalue weighted by Crippen LogP contribution is -2.49. The molecule has 0 amide bonds. The lowest BCUT2D eigenvalue weighted by atomic mass is 10.3. The zero-order chi connectivity index (χ0) is 21.1. The molecule has 1 aliphatic heterocycles. The molecule has 0 saturated carbocycles. The number of anilines is 3. The van der Waals surface area contributed by atoms with Crippen molar-refractivity contribution in [3.63, 3.8) is 0 Å². The molecule has 3 heterocycles. The van der Waals surface area contributed by atoms with Gasteiger partial charge >= 0.3 is 0 Å². The highest BCUT2D eigenvalue weighted by Crippen LogP contribution is 2.23. The normalized spacial score (nSPS) is 15.2. The molecular formula is C19H18F2N6O2S. The molecule has 0 aliphatic carbocycles. The van der Waals surface area contributed by atoms with E-state index in [1.807, 2.05) is 11.0 Å². The highest BCUT2D eigenvalue weighted by molar-refractivity contribution is 7.89. The van der Waals surface area contributed by atoms with E-state index < -0.39 is 26.6 Å². The molecule has 0 spiro atoms. The average molecular weight is 432 g/mol. The maximum absolute atomic E-state index is 13.9. The highest BCUT2D eigenvalue weighted by Gasteiger charge is 2.31. The van der Waals surface area contributed by atoms with Gasteiger partial charge in [-0.15, -0.1) is 10.2 Å². The molecule has 1 aliphatic rings. The number of rotatable bonds is 5. The van der Waals surface area contributed by atoms with Gasteiger partial charge in [-0.2, -0.15) is 4.31 Å². The quantitative estimate of drug-likeness (QED) is 0.662. The predicted molar refractivity (Wildman–Crippen MR) is 107 cm³/mol.